The number of aliphatic hydroxyl groups is 1. The Morgan fingerprint density at radius 1 is 1.06 bits per heavy atom. The SMILES string of the molecule is CC(C)c1cc2c(s1)Cc1ccccc1N=C2N1CCN(CCOCCO)[C@@H](Cc2ccccc2)C1. The van der Waals surface area contributed by atoms with Crippen LogP contribution in [0.2, 0.25) is 0 Å². The van der Waals surface area contributed by atoms with Gasteiger partial charge in [-0.25, -0.2) is 4.99 Å². The predicted molar refractivity (Wildman–Crippen MR) is 149 cm³/mol. The largest absolute Gasteiger partial charge is 0.394 e. The highest BCUT2D eigenvalue weighted by molar-refractivity contribution is 7.12. The minimum Gasteiger partial charge on any atom is -0.394 e. The average molecular weight is 504 g/mol. The lowest BCUT2D eigenvalue weighted by Gasteiger charge is -2.43. The van der Waals surface area contributed by atoms with E-state index in [9.17, 15) is 0 Å². The van der Waals surface area contributed by atoms with Gasteiger partial charge in [-0.05, 0) is 35.6 Å². The molecule has 3 heterocycles. The van der Waals surface area contributed by atoms with Crippen molar-refractivity contribution in [2.75, 3.05) is 46.0 Å². The highest BCUT2D eigenvalue weighted by Crippen LogP contribution is 2.37. The first-order chi connectivity index (χ1) is 17.6. The average Bonchev–Trinajstić information content (AvgIpc) is 3.24. The van der Waals surface area contributed by atoms with E-state index in [0.29, 0.717) is 25.2 Å². The maximum Gasteiger partial charge on any atom is 0.137 e. The summed E-state index contributed by atoms with van der Waals surface area (Å²) in [6.45, 7) is 9.40. The topological polar surface area (TPSA) is 48.3 Å². The molecular weight excluding hydrogens is 466 g/mol. The summed E-state index contributed by atoms with van der Waals surface area (Å²) in [5.74, 6) is 1.65. The molecule has 1 atom stereocenters. The number of hydrogen-bond acceptors (Lipinski definition) is 6. The Morgan fingerprint density at radius 3 is 2.67 bits per heavy atom. The van der Waals surface area contributed by atoms with Gasteiger partial charge in [0.2, 0.25) is 0 Å². The summed E-state index contributed by atoms with van der Waals surface area (Å²) < 4.78 is 5.63. The summed E-state index contributed by atoms with van der Waals surface area (Å²) in [6, 6.07) is 22.2. The highest BCUT2D eigenvalue weighted by Gasteiger charge is 2.32. The molecule has 1 N–H and O–H groups in total. The van der Waals surface area contributed by atoms with Crippen molar-refractivity contribution in [3.8, 4) is 0 Å². The minimum absolute atomic E-state index is 0.0733. The number of piperazine rings is 1. The predicted octanol–water partition coefficient (Wildman–Crippen LogP) is 5.09. The van der Waals surface area contributed by atoms with E-state index >= 15 is 0 Å². The van der Waals surface area contributed by atoms with Crippen LogP contribution in [0.4, 0.5) is 5.69 Å². The molecule has 0 saturated carbocycles. The molecule has 0 unspecified atom stereocenters. The second-order valence-electron chi connectivity index (χ2n) is 10.0. The van der Waals surface area contributed by atoms with Crippen LogP contribution in [0.1, 0.15) is 46.2 Å². The molecule has 1 aromatic heterocycles. The zero-order chi connectivity index (χ0) is 24.9. The van der Waals surface area contributed by atoms with E-state index in [2.05, 4.69) is 84.3 Å². The van der Waals surface area contributed by atoms with Crippen molar-refractivity contribution in [1.29, 1.82) is 0 Å². The van der Waals surface area contributed by atoms with Gasteiger partial charge in [0.25, 0.3) is 0 Å². The third-order valence-electron chi connectivity index (χ3n) is 7.18. The molecule has 3 aromatic rings. The first kappa shape index (κ1) is 25.2. The van der Waals surface area contributed by atoms with Crippen molar-refractivity contribution in [3.05, 3.63) is 87.1 Å². The number of nitrogens with zero attached hydrogens (tertiary/aromatic N) is 3. The fourth-order valence-electron chi connectivity index (χ4n) is 5.22. The zero-order valence-electron chi connectivity index (χ0n) is 21.4. The Kier molecular flexibility index (Phi) is 8.17. The molecule has 0 bridgehead atoms. The molecule has 0 radical (unpaired) electrons. The summed E-state index contributed by atoms with van der Waals surface area (Å²) in [4.78, 5) is 13.3. The molecule has 1 fully saturated rings. The van der Waals surface area contributed by atoms with Crippen molar-refractivity contribution < 1.29 is 9.84 Å². The maximum atomic E-state index is 9.08. The fraction of sp³-hybridized carbons (Fsp3) is 0.433. The molecule has 5 rings (SSSR count). The highest BCUT2D eigenvalue weighted by atomic mass is 32.1. The maximum absolute atomic E-state index is 9.08. The smallest absolute Gasteiger partial charge is 0.137 e. The number of fused-ring (bicyclic) bond motifs is 2. The van der Waals surface area contributed by atoms with Gasteiger partial charge in [-0.1, -0.05) is 62.4 Å². The second kappa shape index (κ2) is 11.7. The van der Waals surface area contributed by atoms with Gasteiger partial charge in [-0.2, -0.15) is 0 Å². The van der Waals surface area contributed by atoms with Gasteiger partial charge in [-0.3, -0.25) is 4.90 Å². The van der Waals surface area contributed by atoms with E-state index in [1.54, 1.807) is 0 Å². The molecule has 1 saturated heterocycles. The molecule has 190 valence electrons. The van der Waals surface area contributed by atoms with E-state index in [-0.39, 0.29) is 6.61 Å². The first-order valence-electron chi connectivity index (χ1n) is 13.1. The Labute approximate surface area is 219 Å². The van der Waals surface area contributed by atoms with Crippen LogP contribution in [0.25, 0.3) is 0 Å². The molecule has 0 amide bonds. The van der Waals surface area contributed by atoms with Gasteiger partial charge >= 0.3 is 0 Å². The van der Waals surface area contributed by atoms with Gasteiger partial charge in [0.1, 0.15) is 5.84 Å². The first-order valence-corrected chi connectivity index (χ1v) is 13.9. The van der Waals surface area contributed by atoms with Crippen LogP contribution in [0, 0.1) is 0 Å². The third kappa shape index (κ3) is 5.73. The number of aliphatic hydroxyl groups excluding tert-OH is 1. The summed E-state index contributed by atoms with van der Waals surface area (Å²) in [5, 5.41) is 9.08. The molecule has 2 aliphatic heterocycles. The molecule has 0 spiro atoms. The van der Waals surface area contributed by atoms with Crippen LogP contribution in [0.5, 0.6) is 0 Å². The monoisotopic (exact) mass is 503 g/mol. The van der Waals surface area contributed by atoms with Crippen molar-refractivity contribution >= 4 is 22.9 Å². The number of hydrogen-bond donors (Lipinski definition) is 1. The van der Waals surface area contributed by atoms with E-state index in [0.717, 1.165) is 50.5 Å². The quantitative estimate of drug-likeness (QED) is 0.435. The zero-order valence-corrected chi connectivity index (χ0v) is 22.2. The summed E-state index contributed by atoms with van der Waals surface area (Å²) in [6.07, 6.45) is 1.94. The molecule has 2 aliphatic rings. The third-order valence-corrected chi connectivity index (χ3v) is 8.62. The number of para-hydroxylation sites is 1. The van der Waals surface area contributed by atoms with Crippen LogP contribution in [0.3, 0.4) is 0 Å². The van der Waals surface area contributed by atoms with Gasteiger partial charge in [0.15, 0.2) is 0 Å². The number of amidine groups is 1. The van der Waals surface area contributed by atoms with E-state index in [1.165, 1.54) is 26.4 Å². The van der Waals surface area contributed by atoms with Crippen LogP contribution < -0.4 is 0 Å². The lowest BCUT2D eigenvalue weighted by molar-refractivity contribution is 0.0448. The minimum atomic E-state index is 0.0733. The number of rotatable bonds is 8. The Morgan fingerprint density at radius 2 is 1.86 bits per heavy atom. The van der Waals surface area contributed by atoms with Crippen molar-refractivity contribution in [1.82, 2.24) is 9.80 Å². The van der Waals surface area contributed by atoms with Crippen LogP contribution >= 0.6 is 11.3 Å². The molecule has 0 aliphatic carbocycles. The molecule has 6 heteroatoms. The Balaban J connectivity index is 1.44. The van der Waals surface area contributed by atoms with Crippen molar-refractivity contribution in [3.63, 3.8) is 0 Å². The Hall–Kier alpha value is -2.51. The van der Waals surface area contributed by atoms with Crippen LogP contribution in [0.15, 0.2) is 65.7 Å². The fourth-order valence-corrected chi connectivity index (χ4v) is 6.40. The normalized spacial score (nSPS) is 18.1. The van der Waals surface area contributed by atoms with Gasteiger partial charge in [0, 0.05) is 54.0 Å². The molecule has 36 heavy (non-hydrogen) atoms. The number of thiophene rings is 1. The standard InChI is InChI=1S/C30H37N3O2S/c1-22(2)28-20-26-29(36-28)19-24-10-6-7-11-27(24)31-30(26)33-13-12-32(14-16-35-17-15-34)25(21-33)18-23-8-4-3-5-9-23/h3-11,20,22,25,34H,12-19,21H2,1-2H3/t25-/m0/s1. The van der Waals surface area contributed by atoms with Crippen LogP contribution in [-0.2, 0) is 17.6 Å². The van der Waals surface area contributed by atoms with Gasteiger partial charge < -0.3 is 14.7 Å². The summed E-state index contributed by atoms with van der Waals surface area (Å²) in [5.41, 5.74) is 5.09. The number of aliphatic imine (C=N–C) groups is 1. The van der Waals surface area contributed by atoms with Gasteiger partial charge in [0.05, 0.1) is 25.5 Å². The summed E-state index contributed by atoms with van der Waals surface area (Å²) in [7, 11) is 0. The lowest BCUT2D eigenvalue weighted by Crippen LogP contribution is -2.56. The number of ether oxygens (including phenoxy) is 1. The lowest BCUT2D eigenvalue weighted by atomic mass is 10.0. The van der Waals surface area contributed by atoms with Crippen molar-refractivity contribution in [2.45, 2.75) is 38.6 Å². The van der Waals surface area contributed by atoms with Crippen molar-refractivity contribution in [2.24, 2.45) is 4.99 Å². The molecular formula is C30H37N3O2S. The molecule has 2 aromatic carbocycles. The Bertz CT molecular complexity index is 1170. The van der Waals surface area contributed by atoms with E-state index in [1.807, 2.05) is 11.3 Å². The van der Waals surface area contributed by atoms with Gasteiger partial charge in [-0.15, -0.1) is 11.3 Å². The second-order valence-corrected chi connectivity index (χ2v) is 11.2. The van der Waals surface area contributed by atoms with E-state index in [4.69, 9.17) is 14.8 Å². The molecule has 5 nitrogen and oxygen atoms in total. The van der Waals surface area contributed by atoms with E-state index < -0.39 is 0 Å². The summed E-state index contributed by atoms with van der Waals surface area (Å²) >= 11 is 1.95. The van der Waals surface area contributed by atoms with Crippen LogP contribution in [-0.4, -0.2) is 72.8 Å². The number of benzene rings is 2.